The normalized spacial score (nSPS) is 15.7. The first-order valence-corrected chi connectivity index (χ1v) is 7.97. The summed E-state index contributed by atoms with van der Waals surface area (Å²) in [6.07, 6.45) is 2.44. The monoisotopic (exact) mass is 324 g/mol. The van der Waals surface area contributed by atoms with Gasteiger partial charge < -0.3 is 10.1 Å². The van der Waals surface area contributed by atoms with Crippen molar-refractivity contribution < 1.29 is 4.74 Å². The van der Waals surface area contributed by atoms with Crippen molar-refractivity contribution >= 4 is 35.1 Å². The van der Waals surface area contributed by atoms with Crippen LogP contribution in [0.5, 0.6) is 5.75 Å². The number of halogens is 1. The van der Waals surface area contributed by atoms with E-state index in [4.69, 9.17) is 9.72 Å². The highest BCUT2D eigenvalue weighted by atomic mass is 35.5. The van der Waals surface area contributed by atoms with Crippen LogP contribution in [0, 0.1) is 6.92 Å². The number of aryl methyl sites for hydroxylation is 1. The molecule has 0 aliphatic carbocycles. The number of thioether (sulfide) groups is 1. The summed E-state index contributed by atoms with van der Waals surface area (Å²) in [5.41, 5.74) is 2.25. The largest absolute Gasteiger partial charge is 0.494 e. The molecule has 3 nitrogen and oxygen atoms in total. The van der Waals surface area contributed by atoms with Crippen LogP contribution >= 0.6 is 24.2 Å². The Morgan fingerprint density at radius 2 is 2.05 bits per heavy atom. The van der Waals surface area contributed by atoms with Gasteiger partial charge in [-0.1, -0.05) is 12.1 Å². The summed E-state index contributed by atoms with van der Waals surface area (Å²) in [4.78, 5) is 4.82. The predicted octanol–water partition coefficient (Wildman–Crippen LogP) is 3.82. The molecule has 114 valence electrons. The van der Waals surface area contributed by atoms with E-state index in [0.29, 0.717) is 5.25 Å². The van der Waals surface area contributed by atoms with E-state index in [9.17, 15) is 0 Å². The second-order valence-corrected chi connectivity index (χ2v) is 6.52. The lowest BCUT2D eigenvalue weighted by Crippen LogP contribution is -2.29. The quantitative estimate of drug-likeness (QED) is 0.930. The van der Waals surface area contributed by atoms with Gasteiger partial charge >= 0.3 is 0 Å². The second kappa shape index (κ2) is 7.34. The molecule has 0 bridgehead atoms. The molecule has 1 aromatic heterocycles. The van der Waals surface area contributed by atoms with Crippen molar-refractivity contribution in [1.29, 1.82) is 0 Å². The maximum absolute atomic E-state index is 5.45. The van der Waals surface area contributed by atoms with Gasteiger partial charge in [0.05, 0.1) is 12.1 Å². The molecule has 21 heavy (non-hydrogen) atoms. The number of fused-ring (bicyclic) bond motifs is 1. The van der Waals surface area contributed by atoms with Crippen LogP contribution in [0.1, 0.15) is 18.4 Å². The third-order valence-electron chi connectivity index (χ3n) is 3.78. The minimum Gasteiger partial charge on any atom is -0.494 e. The molecule has 1 fully saturated rings. The van der Waals surface area contributed by atoms with Crippen molar-refractivity contribution in [3.63, 3.8) is 0 Å². The van der Waals surface area contributed by atoms with E-state index >= 15 is 0 Å². The summed E-state index contributed by atoms with van der Waals surface area (Å²) < 4.78 is 5.45. The molecular formula is C16H21ClN2OS. The molecule has 0 spiro atoms. The first-order valence-electron chi connectivity index (χ1n) is 7.09. The highest BCUT2D eigenvalue weighted by molar-refractivity contribution is 7.99. The smallest absolute Gasteiger partial charge is 0.145 e. The van der Waals surface area contributed by atoms with Gasteiger partial charge in [-0.15, -0.1) is 24.2 Å². The van der Waals surface area contributed by atoms with Crippen LogP contribution < -0.4 is 10.1 Å². The second-order valence-electron chi connectivity index (χ2n) is 5.20. The number of aromatic nitrogens is 1. The van der Waals surface area contributed by atoms with E-state index in [1.165, 1.54) is 23.8 Å². The summed E-state index contributed by atoms with van der Waals surface area (Å²) in [5, 5.41) is 6.38. The van der Waals surface area contributed by atoms with Crippen molar-refractivity contribution in [2.45, 2.75) is 30.0 Å². The molecule has 2 aromatic rings. The Morgan fingerprint density at radius 1 is 1.29 bits per heavy atom. The Kier molecular flexibility index (Phi) is 5.73. The molecule has 1 aliphatic rings. The number of ether oxygens (including phenoxy) is 1. The molecule has 0 amide bonds. The van der Waals surface area contributed by atoms with E-state index in [-0.39, 0.29) is 12.4 Å². The zero-order chi connectivity index (χ0) is 13.9. The van der Waals surface area contributed by atoms with Gasteiger partial charge in [-0.3, -0.25) is 0 Å². The number of rotatable bonds is 3. The Morgan fingerprint density at radius 3 is 2.76 bits per heavy atom. The van der Waals surface area contributed by atoms with Gasteiger partial charge in [-0.25, -0.2) is 4.98 Å². The third kappa shape index (κ3) is 3.62. The average Bonchev–Trinajstić information content (AvgIpc) is 2.48. The zero-order valence-corrected chi connectivity index (χ0v) is 14.0. The van der Waals surface area contributed by atoms with E-state index in [2.05, 4.69) is 24.4 Å². The lowest BCUT2D eigenvalue weighted by atomic mass is 10.1. The maximum atomic E-state index is 5.45. The number of nitrogens with one attached hydrogen (secondary N) is 1. The van der Waals surface area contributed by atoms with Gasteiger partial charge in [0, 0.05) is 10.6 Å². The highest BCUT2D eigenvalue weighted by Gasteiger charge is 2.16. The number of pyridine rings is 1. The molecule has 0 radical (unpaired) electrons. The van der Waals surface area contributed by atoms with Crippen LogP contribution in [0.3, 0.4) is 0 Å². The van der Waals surface area contributed by atoms with E-state index < -0.39 is 0 Å². The van der Waals surface area contributed by atoms with Gasteiger partial charge in [0.2, 0.25) is 0 Å². The van der Waals surface area contributed by atoms with Crippen LogP contribution in [0.4, 0.5) is 0 Å². The van der Waals surface area contributed by atoms with E-state index in [1.54, 1.807) is 7.11 Å². The number of hydrogen-bond donors (Lipinski definition) is 1. The lowest BCUT2D eigenvalue weighted by Gasteiger charge is -2.22. The molecule has 5 heteroatoms. The number of nitrogens with zero attached hydrogens (tertiary/aromatic N) is 1. The Bertz CT molecular complexity index is 614. The number of hydrogen-bond acceptors (Lipinski definition) is 4. The molecule has 1 saturated heterocycles. The van der Waals surface area contributed by atoms with Crippen LogP contribution in [-0.4, -0.2) is 30.4 Å². The van der Waals surface area contributed by atoms with E-state index in [0.717, 1.165) is 29.4 Å². The van der Waals surface area contributed by atoms with Crippen LogP contribution in [-0.2, 0) is 0 Å². The van der Waals surface area contributed by atoms with Crippen LogP contribution in [0.15, 0.2) is 29.3 Å². The molecule has 2 heterocycles. The molecule has 1 aliphatic heterocycles. The molecule has 0 atom stereocenters. The molecule has 3 rings (SSSR count). The minimum atomic E-state index is 0. The third-order valence-corrected chi connectivity index (χ3v) is 5.03. The molecular weight excluding hydrogens is 304 g/mol. The first-order chi connectivity index (χ1) is 9.78. The minimum absolute atomic E-state index is 0. The summed E-state index contributed by atoms with van der Waals surface area (Å²) in [6.45, 7) is 4.39. The lowest BCUT2D eigenvalue weighted by molar-refractivity contribution is 0.418. The maximum Gasteiger partial charge on any atom is 0.145 e. The van der Waals surface area contributed by atoms with Gasteiger partial charge in [-0.05, 0) is 50.6 Å². The summed E-state index contributed by atoms with van der Waals surface area (Å²) >= 11 is 1.91. The molecule has 1 N–H and O–H groups in total. The number of benzene rings is 1. The van der Waals surface area contributed by atoms with Gasteiger partial charge in [0.25, 0.3) is 0 Å². The van der Waals surface area contributed by atoms with Gasteiger partial charge in [0.15, 0.2) is 0 Å². The fraction of sp³-hybridized carbons (Fsp3) is 0.438. The summed E-state index contributed by atoms with van der Waals surface area (Å²) in [6, 6.07) is 8.32. The van der Waals surface area contributed by atoms with Crippen molar-refractivity contribution in [1.82, 2.24) is 10.3 Å². The standard InChI is InChI=1S/C16H20N2OS.ClH/c1-11-10-15(20-12-6-8-17-9-7-12)18-16-13(11)4-3-5-14(16)19-2;/h3-5,10,12,17H,6-9H2,1-2H3;1H. The van der Waals surface area contributed by atoms with Crippen molar-refractivity contribution in [2.75, 3.05) is 20.2 Å². The fourth-order valence-corrected chi connectivity index (χ4v) is 3.87. The molecule has 0 saturated carbocycles. The molecule has 1 aromatic carbocycles. The van der Waals surface area contributed by atoms with Crippen molar-refractivity contribution in [3.8, 4) is 5.75 Å². The fourth-order valence-electron chi connectivity index (χ4n) is 2.67. The number of para-hydroxylation sites is 1. The number of methoxy groups -OCH3 is 1. The van der Waals surface area contributed by atoms with Gasteiger partial charge in [0.1, 0.15) is 11.3 Å². The SMILES string of the molecule is COc1cccc2c(C)cc(SC3CCNCC3)nc12.Cl. The highest BCUT2D eigenvalue weighted by Crippen LogP contribution is 2.33. The van der Waals surface area contributed by atoms with Gasteiger partial charge in [-0.2, -0.15) is 0 Å². The Balaban J connectivity index is 0.00000161. The Hall–Kier alpha value is -0.970. The Labute approximate surface area is 136 Å². The van der Waals surface area contributed by atoms with Crippen molar-refractivity contribution in [3.05, 3.63) is 29.8 Å². The van der Waals surface area contributed by atoms with Crippen LogP contribution in [0.2, 0.25) is 0 Å². The topological polar surface area (TPSA) is 34.1 Å². The van der Waals surface area contributed by atoms with Crippen LogP contribution in [0.25, 0.3) is 10.9 Å². The predicted molar refractivity (Wildman–Crippen MR) is 92.0 cm³/mol. The first kappa shape index (κ1) is 16.4. The molecule has 0 unspecified atom stereocenters. The average molecular weight is 325 g/mol. The summed E-state index contributed by atoms with van der Waals surface area (Å²) in [7, 11) is 1.71. The van der Waals surface area contributed by atoms with Crippen molar-refractivity contribution in [2.24, 2.45) is 0 Å². The number of piperidine rings is 1. The summed E-state index contributed by atoms with van der Waals surface area (Å²) in [5.74, 6) is 0.860. The van der Waals surface area contributed by atoms with E-state index in [1.807, 2.05) is 23.9 Å². The zero-order valence-electron chi connectivity index (χ0n) is 12.4.